The average Bonchev–Trinajstić information content (AvgIpc) is 2.86. The Labute approximate surface area is 187 Å². The van der Waals surface area contributed by atoms with Crippen LogP contribution in [0.15, 0.2) is 48.5 Å². The van der Waals surface area contributed by atoms with E-state index in [1.807, 2.05) is 26.0 Å². The summed E-state index contributed by atoms with van der Waals surface area (Å²) in [6.45, 7) is 10.9. The van der Waals surface area contributed by atoms with Gasteiger partial charge in [0.05, 0.1) is 25.9 Å². The molecule has 2 aromatic carbocycles. The van der Waals surface area contributed by atoms with Gasteiger partial charge in [-0.05, 0) is 54.2 Å². The van der Waals surface area contributed by atoms with E-state index in [1.54, 1.807) is 0 Å². The van der Waals surface area contributed by atoms with E-state index in [9.17, 15) is 4.79 Å². The number of carbonyl (C=O) groups is 1. The Morgan fingerprint density at radius 3 is 2.13 bits per heavy atom. The Bertz CT molecular complexity index is 790. The molecule has 2 aromatic rings. The van der Waals surface area contributed by atoms with Crippen LogP contribution in [0.2, 0.25) is 0 Å². The molecule has 0 atom stereocenters. The summed E-state index contributed by atoms with van der Waals surface area (Å²) in [6, 6.07) is 17.0. The van der Waals surface area contributed by atoms with E-state index in [1.165, 1.54) is 23.9 Å². The number of morpholine rings is 1. The molecule has 0 N–H and O–H groups in total. The second-order valence-electron chi connectivity index (χ2n) is 7.93. The fraction of sp³-hybridized carbons (Fsp3) is 0.500. The van der Waals surface area contributed by atoms with Crippen molar-refractivity contribution in [3.05, 3.63) is 65.2 Å². The fourth-order valence-corrected chi connectivity index (χ4v) is 4.31. The van der Waals surface area contributed by atoms with Crippen LogP contribution in [-0.4, -0.2) is 57.4 Å². The molecule has 2 heterocycles. The molecule has 168 valence electrons. The zero-order chi connectivity index (χ0) is 22.1. The molecule has 2 fully saturated rings. The van der Waals surface area contributed by atoms with Crippen LogP contribution in [0.25, 0.3) is 0 Å². The molecule has 2 saturated heterocycles. The van der Waals surface area contributed by atoms with E-state index in [0.717, 1.165) is 58.8 Å². The quantitative estimate of drug-likeness (QED) is 0.650. The van der Waals surface area contributed by atoms with Gasteiger partial charge in [-0.3, -0.25) is 4.90 Å². The van der Waals surface area contributed by atoms with Crippen molar-refractivity contribution in [3.8, 4) is 0 Å². The van der Waals surface area contributed by atoms with Crippen molar-refractivity contribution in [2.24, 2.45) is 0 Å². The second-order valence-corrected chi connectivity index (χ2v) is 7.93. The summed E-state index contributed by atoms with van der Waals surface area (Å²) < 4.78 is 10.2. The molecule has 0 aromatic heterocycles. The van der Waals surface area contributed by atoms with Crippen LogP contribution < -0.4 is 4.90 Å². The van der Waals surface area contributed by atoms with Gasteiger partial charge in [0, 0.05) is 38.4 Å². The van der Waals surface area contributed by atoms with Crippen molar-refractivity contribution in [1.82, 2.24) is 4.90 Å². The highest BCUT2D eigenvalue weighted by Crippen LogP contribution is 2.31. The van der Waals surface area contributed by atoms with Gasteiger partial charge in [-0.15, -0.1) is 0 Å². The van der Waals surface area contributed by atoms with Gasteiger partial charge in [-0.2, -0.15) is 0 Å². The number of rotatable bonds is 5. The Morgan fingerprint density at radius 1 is 0.935 bits per heavy atom. The van der Waals surface area contributed by atoms with Crippen LogP contribution in [-0.2, 0) is 16.0 Å². The number of ether oxygens (including phenoxy) is 2. The minimum atomic E-state index is -0.275. The number of anilines is 1. The van der Waals surface area contributed by atoms with Crippen molar-refractivity contribution in [2.45, 2.75) is 39.2 Å². The van der Waals surface area contributed by atoms with Gasteiger partial charge in [0.15, 0.2) is 0 Å². The minimum Gasteiger partial charge on any atom is -0.465 e. The molecule has 5 nitrogen and oxygen atoms in total. The predicted molar refractivity (Wildman–Crippen MR) is 126 cm³/mol. The molecule has 31 heavy (non-hydrogen) atoms. The average molecular weight is 425 g/mol. The van der Waals surface area contributed by atoms with Crippen LogP contribution in [0.3, 0.4) is 0 Å². The zero-order valence-electron chi connectivity index (χ0n) is 19.2. The largest absolute Gasteiger partial charge is 0.465 e. The third-order valence-electron chi connectivity index (χ3n) is 6.11. The van der Waals surface area contributed by atoms with E-state index in [-0.39, 0.29) is 5.97 Å². The first-order valence-corrected chi connectivity index (χ1v) is 11.6. The number of piperidine rings is 1. The van der Waals surface area contributed by atoms with E-state index >= 15 is 0 Å². The fourth-order valence-electron chi connectivity index (χ4n) is 4.31. The molecular weight excluding hydrogens is 388 g/mol. The Hall–Kier alpha value is -2.37. The second kappa shape index (κ2) is 11.9. The standard InChI is InChI=1S/C24H30N2O3.C2H6/c1-28-24(27)22-6-4-20(5-7-22)21-10-12-26(13-11-21)23-8-2-19(3-9-23)18-25-14-16-29-17-15-25;1-2/h2-9,21H,10-18H2,1H3;1-2H3. The summed E-state index contributed by atoms with van der Waals surface area (Å²) >= 11 is 0. The lowest BCUT2D eigenvalue weighted by molar-refractivity contribution is 0.0342. The third-order valence-corrected chi connectivity index (χ3v) is 6.11. The monoisotopic (exact) mass is 424 g/mol. The number of hydrogen-bond donors (Lipinski definition) is 0. The van der Waals surface area contributed by atoms with E-state index in [2.05, 4.69) is 46.2 Å². The van der Waals surface area contributed by atoms with Crippen LogP contribution >= 0.6 is 0 Å². The Kier molecular flexibility index (Phi) is 8.92. The SMILES string of the molecule is CC.COC(=O)c1ccc(C2CCN(c3ccc(CN4CCOCC4)cc3)CC2)cc1. The predicted octanol–water partition coefficient (Wildman–Crippen LogP) is 4.72. The van der Waals surface area contributed by atoms with Gasteiger partial charge >= 0.3 is 5.97 Å². The highest BCUT2D eigenvalue weighted by Gasteiger charge is 2.21. The van der Waals surface area contributed by atoms with Crippen molar-refractivity contribution >= 4 is 11.7 Å². The summed E-state index contributed by atoms with van der Waals surface area (Å²) in [7, 11) is 1.42. The number of esters is 1. The molecule has 5 heteroatoms. The molecule has 2 aliphatic rings. The van der Waals surface area contributed by atoms with E-state index < -0.39 is 0 Å². The maximum atomic E-state index is 11.6. The zero-order valence-corrected chi connectivity index (χ0v) is 19.2. The van der Waals surface area contributed by atoms with Gasteiger partial charge in [0.1, 0.15) is 0 Å². The molecule has 4 rings (SSSR count). The van der Waals surface area contributed by atoms with E-state index in [4.69, 9.17) is 9.47 Å². The maximum absolute atomic E-state index is 11.6. The lowest BCUT2D eigenvalue weighted by Crippen LogP contribution is -2.35. The lowest BCUT2D eigenvalue weighted by Gasteiger charge is -2.34. The molecule has 2 aliphatic heterocycles. The molecule has 0 unspecified atom stereocenters. The number of carbonyl (C=O) groups excluding carboxylic acids is 1. The van der Waals surface area contributed by atoms with E-state index in [0.29, 0.717) is 11.5 Å². The van der Waals surface area contributed by atoms with Crippen molar-refractivity contribution in [1.29, 1.82) is 0 Å². The Morgan fingerprint density at radius 2 is 1.55 bits per heavy atom. The van der Waals surface area contributed by atoms with Crippen LogP contribution in [0.5, 0.6) is 0 Å². The first kappa shape index (κ1) is 23.3. The smallest absolute Gasteiger partial charge is 0.337 e. The molecular formula is C26H36N2O3. The molecule has 0 aliphatic carbocycles. The molecule has 0 radical (unpaired) electrons. The number of benzene rings is 2. The molecule has 0 amide bonds. The van der Waals surface area contributed by atoms with Gasteiger partial charge < -0.3 is 14.4 Å². The summed E-state index contributed by atoms with van der Waals surface area (Å²) in [5, 5.41) is 0. The maximum Gasteiger partial charge on any atom is 0.337 e. The summed E-state index contributed by atoms with van der Waals surface area (Å²) in [6.07, 6.45) is 2.26. The third kappa shape index (κ3) is 6.31. The van der Waals surface area contributed by atoms with Crippen LogP contribution in [0.4, 0.5) is 5.69 Å². The normalized spacial score (nSPS) is 17.6. The minimum absolute atomic E-state index is 0.275. The van der Waals surface area contributed by atoms with Crippen LogP contribution in [0, 0.1) is 0 Å². The molecule has 0 bridgehead atoms. The first-order valence-electron chi connectivity index (χ1n) is 11.6. The van der Waals surface area contributed by atoms with Crippen LogP contribution in [0.1, 0.15) is 54.1 Å². The first-order chi connectivity index (χ1) is 15.2. The summed E-state index contributed by atoms with van der Waals surface area (Å²) in [5.41, 5.74) is 4.62. The van der Waals surface area contributed by atoms with Crippen molar-refractivity contribution in [2.75, 3.05) is 51.4 Å². The van der Waals surface area contributed by atoms with Gasteiger partial charge in [0.2, 0.25) is 0 Å². The lowest BCUT2D eigenvalue weighted by atomic mass is 9.89. The topological polar surface area (TPSA) is 42.0 Å². The number of hydrogen-bond acceptors (Lipinski definition) is 5. The van der Waals surface area contributed by atoms with Gasteiger partial charge in [0.25, 0.3) is 0 Å². The molecule has 0 saturated carbocycles. The summed E-state index contributed by atoms with van der Waals surface area (Å²) in [4.78, 5) is 16.5. The number of nitrogens with zero attached hydrogens (tertiary/aromatic N) is 2. The van der Waals surface area contributed by atoms with Gasteiger partial charge in [-0.25, -0.2) is 4.79 Å². The number of methoxy groups -OCH3 is 1. The molecule has 0 spiro atoms. The summed E-state index contributed by atoms with van der Waals surface area (Å²) in [5.74, 6) is 0.280. The van der Waals surface area contributed by atoms with Crippen molar-refractivity contribution < 1.29 is 14.3 Å². The highest BCUT2D eigenvalue weighted by molar-refractivity contribution is 5.89. The van der Waals surface area contributed by atoms with Crippen molar-refractivity contribution in [3.63, 3.8) is 0 Å². The Balaban J connectivity index is 0.00000132. The highest BCUT2D eigenvalue weighted by atomic mass is 16.5. The van der Waals surface area contributed by atoms with Gasteiger partial charge in [-0.1, -0.05) is 38.1 Å².